The maximum absolute atomic E-state index is 12.9. The van der Waals surface area contributed by atoms with Crippen molar-refractivity contribution in [1.82, 2.24) is 15.0 Å². The predicted octanol–water partition coefficient (Wildman–Crippen LogP) is 5.24. The topological polar surface area (TPSA) is 67.9 Å². The quantitative estimate of drug-likeness (QED) is 0.462. The molecule has 0 bridgehead atoms. The van der Waals surface area contributed by atoms with Crippen molar-refractivity contribution in [2.75, 3.05) is 6.61 Å². The van der Waals surface area contributed by atoms with Gasteiger partial charge in [0.25, 0.3) is 0 Å². The molecule has 1 heterocycles. The number of hydrogen-bond donors (Lipinski definition) is 1. The second kappa shape index (κ2) is 10.3. The largest absolute Gasteiger partial charge is 0.493 e. The first-order valence-corrected chi connectivity index (χ1v) is 10.8. The number of rotatable bonds is 8. The SMILES string of the molecule is CC(C)COc1ccc(-c2nc(-c3cc(CC(P)C(F)F)ccc3Cl)[nH]c(=O)n2)cc1. The van der Waals surface area contributed by atoms with Crippen LogP contribution in [-0.4, -0.2) is 33.6 Å². The number of hydrogen-bond acceptors (Lipinski definition) is 4. The van der Waals surface area contributed by atoms with Crippen molar-refractivity contribution in [3.63, 3.8) is 0 Å². The minimum atomic E-state index is -2.46. The smallest absolute Gasteiger partial charge is 0.348 e. The van der Waals surface area contributed by atoms with Crippen LogP contribution in [-0.2, 0) is 6.42 Å². The van der Waals surface area contributed by atoms with Gasteiger partial charge in [0, 0.05) is 16.8 Å². The van der Waals surface area contributed by atoms with E-state index in [9.17, 15) is 13.6 Å². The Morgan fingerprint density at radius 1 is 1.13 bits per heavy atom. The summed E-state index contributed by atoms with van der Waals surface area (Å²) in [4.78, 5) is 23.2. The highest BCUT2D eigenvalue weighted by molar-refractivity contribution is 7.17. The van der Waals surface area contributed by atoms with Gasteiger partial charge < -0.3 is 4.74 Å². The van der Waals surface area contributed by atoms with E-state index in [-0.39, 0.29) is 18.1 Å². The predicted molar refractivity (Wildman–Crippen MR) is 122 cm³/mol. The van der Waals surface area contributed by atoms with Crippen LogP contribution in [0, 0.1) is 5.92 Å². The van der Waals surface area contributed by atoms with Crippen LogP contribution in [0.4, 0.5) is 8.78 Å². The summed E-state index contributed by atoms with van der Waals surface area (Å²) in [6.45, 7) is 4.72. The third-order valence-corrected chi connectivity index (χ3v) is 5.28. The number of ether oxygens (including phenoxy) is 1. The van der Waals surface area contributed by atoms with Crippen molar-refractivity contribution in [2.45, 2.75) is 32.4 Å². The minimum Gasteiger partial charge on any atom is -0.493 e. The Morgan fingerprint density at radius 3 is 2.48 bits per heavy atom. The molecule has 164 valence electrons. The molecule has 1 aromatic heterocycles. The fourth-order valence-electron chi connectivity index (χ4n) is 2.85. The molecule has 0 aliphatic carbocycles. The lowest BCUT2D eigenvalue weighted by Crippen LogP contribution is -2.15. The van der Waals surface area contributed by atoms with Gasteiger partial charge >= 0.3 is 5.69 Å². The zero-order valence-electron chi connectivity index (χ0n) is 17.1. The van der Waals surface area contributed by atoms with Crippen LogP contribution in [0.25, 0.3) is 22.8 Å². The molecular formula is C22H23ClF2N3O2P. The summed E-state index contributed by atoms with van der Waals surface area (Å²) in [7, 11) is 2.15. The number of aromatic amines is 1. The molecule has 2 unspecified atom stereocenters. The Balaban J connectivity index is 1.92. The highest BCUT2D eigenvalue weighted by Crippen LogP contribution is 2.29. The highest BCUT2D eigenvalue weighted by atomic mass is 35.5. The second-order valence-corrected chi connectivity index (χ2v) is 8.84. The van der Waals surface area contributed by atoms with Gasteiger partial charge in [-0.3, -0.25) is 4.98 Å². The minimum absolute atomic E-state index is 0.145. The molecule has 3 aromatic rings. The van der Waals surface area contributed by atoms with Crippen LogP contribution in [0.15, 0.2) is 47.3 Å². The Bertz CT molecular complexity index is 1090. The van der Waals surface area contributed by atoms with E-state index in [0.29, 0.717) is 40.0 Å². The molecule has 0 saturated heterocycles. The third kappa shape index (κ3) is 6.31. The molecule has 3 rings (SSSR count). The Kier molecular flexibility index (Phi) is 7.74. The highest BCUT2D eigenvalue weighted by Gasteiger charge is 2.17. The van der Waals surface area contributed by atoms with E-state index in [2.05, 4.69) is 38.0 Å². The van der Waals surface area contributed by atoms with E-state index in [1.807, 2.05) is 0 Å². The van der Waals surface area contributed by atoms with Crippen molar-refractivity contribution in [3.05, 3.63) is 63.5 Å². The summed E-state index contributed by atoms with van der Waals surface area (Å²) in [5, 5.41) is 0.346. The molecule has 2 aromatic carbocycles. The van der Waals surface area contributed by atoms with Gasteiger partial charge in [-0.25, -0.2) is 18.6 Å². The molecule has 0 radical (unpaired) electrons. The zero-order valence-corrected chi connectivity index (χ0v) is 19.0. The summed E-state index contributed by atoms with van der Waals surface area (Å²) >= 11 is 6.31. The van der Waals surface area contributed by atoms with E-state index in [1.54, 1.807) is 42.5 Å². The number of nitrogens with one attached hydrogen (secondary N) is 1. The monoisotopic (exact) mass is 465 g/mol. The lowest BCUT2D eigenvalue weighted by atomic mass is 10.1. The molecule has 9 heteroatoms. The van der Waals surface area contributed by atoms with E-state index in [0.717, 1.165) is 0 Å². The van der Waals surface area contributed by atoms with Crippen LogP contribution in [0.5, 0.6) is 5.75 Å². The van der Waals surface area contributed by atoms with Crippen LogP contribution >= 0.6 is 20.8 Å². The van der Waals surface area contributed by atoms with Crippen LogP contribution in [0.3, 0.4) is 0 Å². The molecule has 0 saturated carbocycles. The number of halogens is 3. The lowest BCUT2D eigenvalue weighted by molar-refractivity contribution is 0.144. The van der Waals surface area contributed by atoms with Crippen LogP contribution in [0.1, 0.15) is 19.4 Å². The fourth-order valence-corrected chi connectivity index (χ4v) is 3.33. The standard InChI is InChI=1S/C22H23ClF2N3O2P/c1-12(2)11-30-15-6-4-14(5-7-15)20-26-21(28-22(29)27-20)16-9-13(3-8-17(16)23)10-18(31)19(24)25/h3-9,12,18-19H,10-11,31H2,1-2H3,(H,26,27,28,29). The van der Waals surface area contributed by atoms with Crippen molar-refractivity contribution < 1.29 is 13.5 Å². The Hall–Kier alpha value is -2.37. The summed E-state index contributed by atoms with van der Waals surface area (Å²) < 4.78 is 31.5. The molecular weight excluding hydrogens is 443 g/mol. The molecule has 0 fully saturated rings. The normalized spacial score (nSPS) is 12.4. The number of nitrogens with zero attached hydrogens (tertiary/aromatic N) is 2. The van der Waals surface area contributed by atoms with Crippen LogP contribution in [0.2, 0.25) is 5.02 Å². The molecule has 0 spiro atoms. The number of aromatic nitrogens is 3. The van der Waals surface area contributed by atoms with Gasteiger partial charge in [-0.1, -0.05) is 31.5 Å². The summed E-state index contributed by atoms with van der Waals surface area (Å²) in [6, 6.07) is 12.1. The first-order valence-electron chi connectivity index (χ1n) is 9.77. The summed E-state index contributed by atoms with van der Waals surface area (Å²) in [5.41, 5.74) is 0.276. The fraction of sp³-hybridized carbons (Fsp3) is 0.318. The van der Waals surface area contributed by atoms with Gasteiger partial charge in [-0.15, -0.1) is 9.24 Å². The number of H-pyrrole nitrogens is 1. The second-order valence-electron chi connectivity index (χ2n) is 7.57. The summed E-state index contributed by atoms with van der Waals surface area (Å²) in [6.07, 6.45) is -2.31. The molecule has 0 aliphatic heterocycles. The lowest BCUT2D eigenvalue weighted by Gasteiger charge is -2.12. The number of alkyl halides is 2. The average Bonchev–Trinajstić information content (AvgIpc) is 2.73. The van der Waals surface area contributed by atoms with E-state index in [1.165, 1.54) is 0 Å². The maximum atomic E-state index is 12.9. The first kappa shape index (κ1) is 23.3. The van der Waals surface area contributed by atoms with Gasteiger partial charge in [0.1, 0.15) is 11.6 Å². The van der Waals surface area contributed by atoms with E-state index >= 15 is 0 Å². The van der Waals surface area contributed by atoms with Crippen molar-refractivity contribution in [1.29, 1.82) is 0 Å². The molecule has 0 amide bonds. The van der Waals surface area contributed by atoms with E-state index < -0.39 is 17.8 Å². The molecule has 31 heavy (non-hydrogen) atoms. The zero-order chi connectivity index (χ0) is 22.5. The van der Waals surface area contributed by atoms with Crippen molar-refractivity contribution in [3.8, 4) is 28.5 Å². The Labute approximate surface area is 186 Å². The van der Waals surface area contributed by atoms with Crippen molar-refractivity contribution in [2.24, 2.45) is 5.92 Å². The van der Waals surface area contributed by atoms with Gasteiger partial charge in [0.2, 0.25) is 6.43 Å². The first-order chi connectivity index (χ1) is 14.7. The van der Waals surface area contributed by atoms with Crippen molar-refractivity contribution >= 4 is 20.8 Å². The van der Waals surface area contributed by atoms with Gasteiger partial charge in [-0.2, -0.15) is 4.98 Å². The maximum Gasteiger partial charge on any atom is 0.348 e. The van der Waals surface area contributed by atoms with Gasteiger partial charge in [0.05, 0.1) is 11.6 Å². The Morgan fingerprint density at radius 2 is 1.84 bits per heavy atom. The number of benzene rings is 2. The third-order valence-electron chi connectivity index (χ3n) is 4.43. The van der Waals surface area contributed by atoms with E-state index in [4.69, 9.17) is 16.3 Å². The molecule has 5 nitrogen and oxygen atoms in total. The average molecular weight is 466 g/mol. The molecule has 2 atom stereocenters. The van der Waals surface area contributed by atoms with Crippen LogP contribution < -0.4 is 10.4 Å². The van der Waals surface area contributed by atoms with Gasteiger partial charge in [0.15, 0.2) is 5.82 Å². The summed E-state index contributed by atoms with van der Waals surface area (Å²) in [5.74, 6) is 1.57. The molecule has 1 N–H and O–H groups in total. The molecule has 0 aliphatic rings. The van der Waals surface area contributed by atoms with Gasteiger partial charge in [-0.05, 0) is 54.3 Å².